The number of hydrogen-bond acceptors (Lipinski definition) is 2. The Kier molecular flexibility index (Phi) is 4.19. The molecule has 0 atom stereocenters. The average Bonchev–Trinajstić information content (AvgIpc) is 3.30. The number of fused-ring (bicyclic) bond motifs is 1. The maximum absolute atomic E-state index is 10.9. The molecular formula is C22H23NO3. The second kappa shape index (κ2) is 6.52. The summed E-state index contributed by atoms with van der Waals surface area (Å²) in [5.74, 6) is 1.63. The van der Waals surface area contributed by atoms with Gasteiger partial charge in [-0.3, -0.25) is 4.79 Å². The van der Waals surface area contributed by atoms with E-state index in [2.05, 4.69) is 23.3 Å². The molecule has 1 aliphatic carbocycles. The number of carboxylic acid groups (broad SMARTS) is 1. The van der Waals surface area contributed by atoms with Crippen LogP contribution in [0, 0.1) is 19.8 Å². The van der Waals surface area contributed by atoms with Gasteiger partial charge in [-0.05, 0) is 79.5 Å². The Morgan fingerprint density at radius 1 is 1.19 bits per heavy atom. The smallest absolute Gasteiger partial charge is 0.307 e. The molecule has 2 aromatic carbocycles. The summed E-state index contributed by atoms with van der Waals surface area (Å²) in [6, 6.07) is 9.93. The van der Waals surface area contributed by atoms with Gasteiger partial charge in [0.25, 0.3) is 0 Å². The maximum Gasteiger partial charge on any atom is 0.307 e. The quantitative estimate of drug-likeness (QED) is 0.646. The highest BCUT2D eigenvalue weighted by Gasteiger charge is 2.23. The Bertz CT molecular complexity index is 959. The molecule has 0 amide bonds. The third-order valence-electron chi connectivity index (χ3n) is 5.04. The first-order valence-corrected chi connectivity index (χ1v) is 9.09. The number of carboxylic acids is 1. The van der Waals surface area contributed by atoms with Crippen LogP contribution in [-0.4, -0.2) is 16.1 Å². The molecular weight excluding hydrogens is 326 g/mol. The van der Waals surface area contributed by atoms with E-state index < -0.39 is 5.97 Å². The SMILES string of the molecule is Cc1cc(CC(=O)O)cc(C)c1Oc1ccc2[nH]cc(CC3CC3)c2c1. The number of hydrogen-bond donors (Lipinski definition) is 2. The fourth-order valence-corrected chi connectivity index (χ4v) is 3.62. The van der Waals surface area contributed by atoms with Gasteiger partial charge in [0.1, 0.15) is 11.5 Å². The first-order chi connectivity index (χ1) is 12.5. The Hall–Kier alpha value is -2.75. The normalized spacial score (nSPS) is 13.9. The Morgan fingerprint density at radius 2 is 1.92 bits per heavy atom. The summed E-state index contributed by atoms with van der Waals surface area (Å²) in [5.41, 5.74) is 5.20. The van der Waals surface area contributed by atoms with Crippen LogP contribution in [0.1, 0.15) is 35.1 Å². The topological polar surface area (TPSA) is 62.3 Å². The molecule has 0 saturated heterocycles. The highest BCUT2D eigenvalue weighted by Crippen LogP contribution is 2.36. The Labute approximate surface area is 152 Å². The molecule has 4 rings (SSSR count). The lowest BCUT2D eigenvalue weighted by Crippen LogP contribution is -2.02. The maximum atomic E-state index is 10.9. The van der Waals surface area contributed by atoms with Crippen LogP contribution in [0.2, 0.25) is 0 Å². The number of nitrogens with one attached hydrogen (secondary N) is 1. The van der Waals surface area contributed by atoms with Gasteiger partial charge >= 0.3 is 5.97 Å². The molecule has 1 saturated carbocycles. The fraction of sp³-hybridized carbons (Fsp3) is 0.318. The average molecular weight is 349 g/mol. The van der Waals surface area contributed by atoms with E-state index in [4.69, 9.17) is 9.84 Å². The lowest BCUT2D eigenvalue weighted by molar-refractivity contribution is -0.136. The van der Waals surface area contributed by atoms with Gasteiger partial charge in [0.05, 0.1) is 6.42 Å². The van der Waals surface area contributed by atoms with Crippen molar-refractivity contribution in [3.05, 3.63) is 58.8 Å². The third-order valence-corrected chi connectivity index (χ3v) is 5.04. The van der Waals surface area contributed by atoms with Crippen LogP contribution in [0.25, 0.3) is 10.9 Å². The van der Waals surface area contributed by atoms with Gasteiger partial charge in [-0.2, -0.15) is 0 Å². The summed E-state index contributed by atoms with van der Waals surface area (Å²) in [4.78, 5) is 14.3. The van der Waals surface area contributed by atoms with E-state index in [1.54, 1.807) is 0 Å². The summed E-state index contributed by atoms with van der Waals surface area (Å²) < 4.78 is 6.19. The van der Waals surface area contributed by atoms with E-state index in [0.717, 1.165) is 46.0 Å². The predicted octanol–water partition coefficient (Wildman–Crippen LogP) is 5.16. The molecule has 4 nitrogen and oxygen atoms in total. The van der Waals surface area contributed by atoms with Crippen LogP contribution in [0.4, 0.5) is 0 Å². The Balaban J connectivity index is 1.63. The summed E-state index contributed by atoms with van der Waals surface area (Å²) >= 11 is 0. The van der Waals surface area contributed by atoms with E-state index in [1.165, 1.54) is 23.8 Å². The number of ether oxygens (including phenoxy) is 1. The van der Waals surface area contributed by atoms with Gasteiger partial charge < -0.3 is 14.8 Å². The first kappa shape index (κ1) is 16.7. The van der Waals surface area contributed by atoms with Crippen LogP contribution < -0.4 is 4.74 Å². The van der Waals surface area contributed by atoms with Crippen LogP contribution in [0.5, 0.6) is 11.5 Å². The lowest BCUT2D eigenvalue weighted by Gasteiger charge is -2.14. The second-order valence-electron chi connectivity index (χ2n) is 7.40. The van der Waals surface area contributed by atoms with Crippen LogP contribution >= 0.6 is 0 Å². The van der Waals surface area contributed by atoms with Gasteiger partial charge in [0, 0.05) is 17.1 Å². The standard InChI is InChI=1S/C22H23NO3/c1-13-7-16(10-21(24)25)8-14(2)22(13)26-18-5-6-20-19(11-18)17(12-23-20)9-15-3-4-15/h5-8,11-12,15,23H,3-4,9-10H2,1-2H3,(H,24,25). The van der Waals surface area contributed by atoms with Crippen LogP contribution in [0.3, 0.4) is 0 Å². The zero-order chi connectivity index (χ0) is 18.3. The fourth-order valence-electron chi connectivity index (χ4n) is 3.62. The van der Waals surface area contributed by atoms with Crippen molar-refractivity contribution in [3.8, 4) is 11.5 Å². The molecule has 2 N–H and O–H groups in total. The predicted molar refractivity (Wildman–Crippen MR) is 102 cm³/mol. The number of H-pyrrole nitrogens is 1. The molecule has 3 aromatic rings. The summed E-state index contributed by atoms with van der Waals surface area (Å²) in [6.07, 6.45) is 5.95. The van der Waals surface area contributed by atoms with Crippen LogP contribution in [-0.2, 0) is 17.6 Å². The van der Waals surface area contributed by atoms with Crippen molar-refractivity contribution in [1.29, 1.82) is 0 Å². The monoisotopic (exact) mass is 349 g/mol. The number of rotatable bonds is 6. The van der Waals surface area contributed by atoms with Gasteiger partial charge in [-0.15, -0.1) is 0 Å². The molecule has 1 aromatic heterocycles. The largest absolute Gasteiger partial charge is 0.481 e. The van der Waals surface area contributed by atoms with Gasteiger partial charge in [0.15, 0.2) is 0 Å². The molecule has 1 aliphatic rings. The summed E-state index contributed by atoms with van der Waals surface area (Å²) in [6.45, 7) is 3.92. The highest BCUT2D eigenvalue weighted by molar-refractivity contribution is 5.84. The molecule has 26 heavy (non-hydrogen) atoms. The zero-order valence-electron chi connectivity index (χ0n) is 15.1. The van der Waals surface area contributed by atoms with Crippen molar-refractivity contribution >= 4 is 16.9 Å². The van der Waals surface area contributed by atoms with Gasteiger partial charge in [-0.25, -0.2) is 0 Å². The van der Waals surface area contributed by atoms with E-state index in [0.29, 0.717) is 0 Å². The summed E-state index contributed by atoms with van der Waals surface area (Å²) in [7, 11) is 0. The van der Waals surface area contributed by atoms with Crippen molar-refractivity contribution in [2.75, 3.05) is 0 Å². The molecule has 4 heteroatoms. The first-order valence-electron chi connectivity index (χ1n) is 9.09. The molecule has 0 spiro atoms. The van der Waals surface area contributed by atoms with E-state index in [9.17, 15) is 4.79 Å². The van der Waals surface area contributed by atoms with Crippen LogP contribution in [0.15, 0.2) is 36.5 Å². The van der Waals surface area contributed by atoms with E-state index in [-0.39, 0.29) is 6.42 Å². The van der Waals surface area contributed by atoms with Crippen molar-refractivity contribution in [2.24, 2.45) is 5.92 Å². The molecule has 0 bridgehead atoms. The molecule has 134 valence electrons. The minimum atomic E-state index is -0.821. The van der Waals surface area contributed by atoms with Gasteiger partial charge in [0.2, 0.25) is 0 Å². The molecule has 1 fully saturated rings. The van der Waals surface area contributed by atoms with Crippen molar-refractivity contribution in [2.45, 2.75) is 39.5 Å². The minimum Gasteiger partial charge on any atom is -0.481 e. The highest BCUT2D eigenvalue weighted by atomic mass is 16.5. The van der Waals surface area contributed by atoms with Crippen molar-refractivity contribution in [1.82, 2.24) is 4.98 Å². The number of benzene rings is 2. The molecule has 0 aliphatic heterocycles. The minimum absolute atomic E-state index is 0.0296. The van der Waals surface area contributed by atoms with E-state index in [1.807, 2.05) is 32.0 Å². The lowest BCUT2D eigenvalue weighted by atomic mass is 10.0. The molecule has 0 unspecified atom stereocenters. The van der Waals surface area contributed by atoms with Gasteiger partial charge in [-0.1, -0.05) is 12.1 Å². The second-order valence-corrected chi connectivity index (χ2v) is 7.40. The summed E-state index contributed by atoms with van der Waals surface area (Å²) in [5, 5.41) is 10.2. The third kappa shape index (κ3) is 3.45. The molecule has 0 radical (unpaired) electrons. The Morgan fingerprint density at radius 3 is 2.58 bits per heavy atom. The number of aromatic amines is 1. The zero-order valence-corrected chi connectivity index (χ0v) is 15.1. The number of carbonyl (C=O) groups is 1. The number of aromatic nitrogens is 1. The number of aliphatic carboxylic acids is 1. The van der Waals surface area contributed by atoms with Crippen molar-refractivity contribution in [3.63, 3.8) is 0 Å². The van der Waals surface area contributed by atoms with E-state index >= 15 is 0 Å². The number of aryl methyl sites for hydroxylation is 2. The van der Waals surface area contributed by atoms with Crippen molar-refractivity contribution < 1.29 is 14.6 Å². The molecule has 1 heterocycles.